The van der Waals surface area contributed by atoms with Crippen molar-refractivity contribution in [1.29, 1.82) is 0 Å². The molecule has 5 heterocycles. The minimum Gasteiger partial charge on any atom is -0.507 e. The molecule has 2 aliphatic heterocycles. The van der Waals surface area contributed by atoms with Gasteiger partial charge in [0, 0.05) is 42.9 Å². The maximum Gasteiger partial charge on any atom is 0.329 e. The van der Waals surface area contributed by atoms with E-state index in [2.05, 4.69) is 31.6 Å². The number of aryl methyl sites for hydroxylation is 2. The van der Waals surface area contributed by atoms with E-state index in [9.17, 15) is 19.5 Å². The van der Waals surface area contributed by atoms with E-state index in [1.54, 1.807) is 34.4 Å². The molecular weight excluding hydrogens is 658 g/mol. The Morgan fingerprint density at radius 2 is 1.71 bits per heavy atom. The number of nitrogens with one attached hydrogen (secondary N) is 1. The van der Waals surface area contributed by atoms with Gasteiger partial charge in [-0.3, -0.25) is 28.7 Å². The molecule has 2 aromatic carbocycles. The predicted molar refractivity (Wildman–Crippen MR) is 199 cm³/mol. The van der Waals surface area contributed by atoms with Crippen molar-refractivity contribution in [3.63, 3.8) is 0 Å². The number of likely N-dealkylation sites (tertiary alicyclic amines) is 1. The summed E-state index contributed by atoms with van der Waals surface area (Å²) >= 11 is 0. The number of aromatic nitrogens is 6. The maximum absolute atomic E-state index is 13.2. The first-order chi connectivity index (χ1) is 25.3. The number of anilines is 1. The molecule has 4 N–H and O–H groups in total. The van der Waals surface area contributed by atoms with Gasteiger partial charge in [0.15, 0.2) is 5.82 Å². The van der Waals surface area contributed by atoms with Gasteiger partial charge in [-0.2, -0.15) is 5.10 Å². The van der Waals surface area contributed by atoms with Gasteiger partial charge >= 0.3 is 5.69 Å². The number of imide groups is 1. The first-order valence-corrected chi connectivity index (χ1v) is 18.5. The van der Waals surface area contributed by atoms with Gasteiger partial charge in [0.25, 0.3) is 0 Å². The summed E-state index contributed by atoms with van der Waals surface area (Å²) in [6.07, 6.45) is 13.3. The van der Waals surface area contributed by atoms with Crippen LogP contribution in [0, 0.1) is 5.92 Å². The minimum absolute atomic E-state index is 0.147. The summed E-state index contributed by atoms with van der Waals surface area (Å²) in [6, 6.07) is 14.2. The lowest BCUT2D eigenvalue weighted by atomic mass is 9.96. The number of carbonyl (C=O) groups excluding carboxylic acids is 2. The third kappa shape index (κ3) is 7.50. The number of phenolic OH excluding ortho intramolecular Hbond substituents is 1. The lowest BCUT2D eigenvalue weighted by molar-refractivity contribution is -0.135. The number of imidazole rings is 1. The van der Waals surface area contributed by atoms with Crippen LogP contribution in [0.4, 0.5) is 5.82 Å². The lowest BCUT2D eigenvalue weighted by Crippen LogP contribution is -2.44. The van der Waals surface area contributed by atoms with Crippen molar-refractivity contribution in [1.82, 2.24) is 39.3 Å². The number of aromatic hydroxyl groups is 1. The second-order valence-corrected chi connectivity index (χ2v) is 14.3. The van der Waals surface area contributed by atoms with Crippen molar-refractivity contribution in [2.45, 2.75) is 76.8 Å². The van der Waals surface area contributed by atoms with Crippen LogP contribution in [0.15, 0.2) is 65.7 Å². The third-order valence-corrected chi connectivity index (χ3v) is 10.7. The third-order valence-electron chi connectivity index (χ3n) is 10.7. The summed E-state index contributed by atoms with van der Waals surface area (Å²) in [7, 11) is 1.76. The smallest absolute Gasteiger partial charge is 0.329 e. The van der Waals surface area contributed by atoms with Crippen molar-refractivity contribution in [2.24, 2.45) is 13.0 Å². The highest BCUT2D eigenvalue weighted by molar-refractivity contribution is 6.00. The Morgan fingerprint density at radius 3 is 2.52 bits per heavy atom. The van der Waals surface area contributed by atoms with E-state index in [1.807, 2.05) is 41.3 Å². The van der Waals surface area contributed by atoms with Crippen LogP contribution in [0.25, 0.3) is 33.4 Å². The molecule has 272 valence electrons. The standard InChI is InChI=1S/C39H47N9O4/c1-45-36-27(11-9-13-32(36)48(39(45)52)33-15-16-35(50)42-38(33)51)10-5-3-2-4-8-19-46-20-17-26(18-21-46)24-47-25-28(23-41-47)30-22-31(43-44-37(30)40)29-12-6-7-14-34(29)49/h6-7,9,11-14,22-23,25-26,33,49H,2-5,8,10,15-21,24H2,1H3,(H2,40,44)(H,42,50,51). The summed E-state index contributed by atoms with van der Waals surface area (Å²) < 4.78 is 5.21. The highest BCUT2D eigenvalue weighted by Crippen LogP contribution is 2.32. The Kier molecular flexibility index (Phi) is 10.5. The number of piperidine rings is 2. The molecule has 7 rings (SSSR count). The van der Waals surface area contributed by atoms with Crippen LogP contribution in [0.1, 0.15) is 69.4 Å². The summed E-state index contributed by atoms with van der Waals surface area (Å²) in [5, 5.41) is 25.6. The number of phenols is 1. The average Bonchev–Trinajstić information content (AvgIpc) is 3.71. The van der Waals surface area contributed by atoms with Crippen LogP contribution in [-0.2, 0) is 29.6 Å². The van der Waals surface area contributed by atoms with E-state index in [-0.39, 0.29) is 23.8 Å². The fourth-order valence-electron chi connectivity index (χ4n) is 7.85. The van der Waals surface area contributed by atoms with Gasteiger partial charge in [-0.15, -0.1) is 10.2 Å². The van der Waals surface area contributed by atoms with Gasteiger partial charge in [-0.05, 0) is 93.9 Å². The molecule has 0 saturated carbocycles. The van der Waals surface area contributed by atoms with Crippen molar-refractivity contribution in [3.05, 3.63) is 77.0 Å². The Labute approximate surface area is 302 Å². The summed E-state index contributed by atoms with van der Waals surface area (Å²) in [6.45, 7) is 4.19. The Morgan fingerprint density at radius 1 is 0.923 bits per heavy atom. The molecule has 2 saturated heterocycles. The van der Waals surface area contributed by atoms with Gasteiger partial charge in [0.2, 0.25) is 11.8 Å². The van der Waals surface area contributed by atoms with Gasteiger partial charge in [-0.25, -0.2) is 4.79 Å². The highest BCUT2D eigenvalue weighted by atomic mass is 16.3. The number of benzene rings is 2. The van der Waals surface area contributed by atoms with E-state index in [4.69, 9.17) is 5.73 Å². The Hall–Kier alpha value is -5.30. The van der Waals surface area contributed by atoms with Crippen molar-refractivity contribution in [2.75, 3.05) is 25.4 Å². The number of amides is 2. The molecule has 1 atom stereocenters. The fourth-order valence-corrected chi connectivity index (χ4v) is 7.85. The molecular formula is C39H47N9O4. The number of nitrogens with zero attached hydrogens (tertiary/aromatic N) is 7. The quantitative estimate of drug-likeness (QED) is 0.115. The number of carbonyl (C=O) groups is 2. The van der Waals surface area contributed by atoms with E-state index in [0.717, 1.165) is 86.0 Å². The molecule has 0 spiro atoms. The highest BCUT2D eigenvalue weighted by Gasteiger charge is 2.31. The molecule has 13 heteroatoms. The molecule has 3 aromatic heterocycles. The second-order valence-electron chi connectivity index (χ2n) is 14.3. The summed E-state index contributed by atoms with van der Waals surface area (Å²) in [5.74, 6) is 0.355. The maximum atomic E-state index is 13.2. The number of nitrogen functional groups attached to an aromatic ring is 1. The second kappa shape index (κ2) is 15.5. The van der Waals surface area contributed by atoms with Crippen LogP contribution in [0.5, 0.6) is 5.75 Å². The number of rotatable bonds is 13. The van der Waals surface area contributed by atoms with E-state index in [0.29, 0.717) is 29.4 Å². The molecule has 0 radical (unpaired) electrons. The number of nitrogens with two attached hydrogens (primary N) is 1. The van der Waals surface area contributed by atoms with Crippen LogP contribution < -0.4 is 16.7 Å². The molecule has 1 unspecified atom stereocenters. The molecule has 13 nitrogen and oxygen atoms in total. The van der Waals surface area contributed by atoms with Crippen LogP contribution in [0.3, 0.4) is 0 Å². The first kappa shape index (κ1) is 35.1. The molecule has 0 aliphatic carbocycles. The van der Waals surface area contributed by atoms with E-state index < -0.39 is 11.9 Å². The topological polar surface area (TPSA) is 166 Å². The Bertz CT molecular complexity index is 2130. The summed E-state index contributed by atoms with van der Waals surface area (Å²) in [5.41, 5.74) is 11.5. The van der Waals surface area contributed by atoms with Gasteiger partial charge in [-0.1, -0.05) is 43.5 Å². The van der Waals surface area contributed by atoms with Gasteiger partial charge < -0.3 is 15.7 Å². The number of hydrogen-bond donors (Lipinski definition) is 3. The average molecular weight is 706 g/mol. The largest absolute Gasteiger partial charge is 0.507 e. The monoisotopic (exact) mass is 705 g/mol. The molecule has 2 amide bonds. The first-order valence-electron chi connectivity index (χ1n) is 18.5. The molecule has 0 bridgehead atoms. The lowest BCUT2D eigenvalue weighted by Gasteiger charge is -2.31. The van der Waals surface area contributed by atoms with E-state index in [1.165, 1.54) is 19.3 Å². The SMILES string of the molecule is Cn1c(=O)n(C2CCC(=O)NC2=O)c2cccc(CCCCCCCN3CCC(Cn4cc(-c5cc(-c6ccccc6O)nnc5N)cn4)CC3)c21. The zero-order chi connectivity index (χ0) is 36.2. The number of unbranched alkanes of at least 4 members (excludes halogenated alkanes) is 4. The minimum atomic E-state index is -0.663. The number of fused-ring (bicyclic) bond motifs is 1. The zero-order valence-electron chi connectivity index (χ0n) is 29.7. The normalized spacial score (nSPS) is 17.2. The summed E-state index contributed by atoms with van der Waals surface area (Å²) in [4.78, 5) is 40.0. The Balaban J connectivity index is 0.830. The van der Waals surface area contributed by atoms with Crippen molar-refractivity contribution >= 4 is 28.7 Å². The molecule has 2 fully saturated rings. The molecule has 52 heavy (non-hydrogen) atoms. The van der Waals surface area contributed by atoms with Gasteiger partial charge in [0.1, 0.15) is 11.8 Å². The zero-order valence-corrected chi connectivity index (χ0v) is 29.7. The van der Waals surface area contributed by atoms with E-state index >= 15 is 0 Å². The predicted octanol–water partition coefficient (Wildman–Crippen LogP) is 4.83. The van der Waals surface area contributed by atoms with Crippen molar-refractivity contribution < 1.29 is 14.7 Å². The van der Waals surface area contributed by atoms with Crippen LogP contribution in [-0.4, -0.2) is 70.6 Å². The van der Waals surface area contributed by atoms with Crippen molar-refractivity contribution in [3.8, 4) is 28.1 Å². The van der Waals surface area contributed by atoms with Crippen LogP contribution >= 0.6 is 0 Å². The molecule has 5 aromatic rings. The number of para-hydroxylation sites is 2. The number of hydrogen-bond acceptors (Lipinski definition) is 9. The fraction of sp³-hybridized carbons (Fsp3) is 0.436. The van der Waals surface area contributed by atoms with Crippen LogP contribution in [0.2, 0.25) is 0 Å². The van der Waals surface area contributed by atoms with Gasteiger partial charge in [0.05, 0.1) is 22.9 Å². The molecule has 2 aliphatic rings.